The van der Waals surface area contributed by atoms with Gasteiger partial charge >= 0.3 is 0 Å². The van der Waals surface area contributed by atoms with Crippen LogP contribution in [0.4, 0.5) is 0 Å². The second kappa shape index (κ2) is 6.36. The van der Waals surface area contributed by atoms with Crippen molar-refractivity contribution in [2.75, 3.05) is 13.1 Å². The van der Waals surface area contributed by atoms with Gasteiger partial charge in [-0.1, -0.05) is 21.9 Å². The lowest BCUT2D eigenvalue weighted by Crippen LogP contribution is -2.39. The number of nitrogens with one attached hydrogen (secondary N) is 1. The third kappa shape index (κ3) is 3.05. The van der Waals surface area contributed by atoms with Crippen LogP contribution in [0.2, 0.25) is 5.02 Å². The van der Waals surface area contributed by atoms with Gasteiger partial charge in [0.25, 0.3) is 11.8 Å². The molecule has 1 atom stereocenters. The van der Waals surface area contributed by atoms with Crippen molar-refractivity contribution in [1.82, 2.24) is 25.2 Å². The van der Waals surface area contributed by atoms with Crippen LogP contribution in [0.15, 0.2) is 27.5 Å². The minimum absolute atomic E-state index is 0.0285. The molecular weight excluding hydrogens is 346 g/mol. The van der Waals surface area contributed by atoms with Crippen LogP contribution in [-0.4, -0.2) is 44.2 Å². The van der Waals surface area contributed by atoms with Gasteiger partial charge in [0, 0.05) is 25.2 Å². The monoisotopic (exact) mass is 361 g/mol. The summed E-state index contributed by atoms with van der Waals surface area (Å²) in [5.41, 5.74) is 1.17. The number of aromatic amines is 1. The first-order valence-electron chi connectivity index (χ1n) is 8.00. The second-order valence-corrected chi connectivity index (χ2v) is 6.51. The van der Waals surface area contributed by atoms with Crippen molar-refractivity contribution in [3.8, 4) is 11.6 Å². The number of aromatic nitrogens is 4. The Bertz CT molecular complexity index is 899. The van der Waals surface area contributed by atoms with Crippen LogP contribution >= 0.6 is 11.6 Å². The predicted molar refractivity (Wildman–Crippen MR) is 88.2 cm³/mol. The van der Waals surface area contributed by atoms with Crippen molar-refractivity contribution in [2.45, 2.75) is 25.7 Å². The summed E-state index contributed by atoms with van der Waals surface area (Å²) < 4.78 is 10.3. The van der Waals surface area contributed by atoms with Crippen molar-refractivity contribution < 1.29 is 13.8 Å². The number of carbonyl (C=O) groups is 1. The molecule has 1 N–H and O–H groups in total. The summed E-state index contributed by atoms with van der Waals surface area (Å²) in [6.45, 7) is 2.96. The molecule has 8 nitrogen and oxygen atoms in total. The van der Waals surface area contributed by atoms with Crippen molar-refractivity contribution in [1.29, 1.82) is 0 Å². The Morgan fingerprint density at radius 2 is 2.32 bits per heavy atom. The van der Waals surface area contributed by atoms with Gasteiger partial charge in [-0.3, -0.25) is 4.79 Å². The molecule has 1 fully saturated rings. The Hall–Kier alpha value is -2.61. The van der Waals surface area contributed by atoms with Gasteiger partial charge in [-0.05, 0) is 25.8 Å². The van der Waals surface area contributed by atoms with E-state index in [1.165, 1.54) is 6.20 Å². The van der Waals surface area contributed by atoms with Gasteiger partial charge in [-0.2, -0.15) is 4.98 Å². The number of hydrogen-bond donors (Lipinski definition) is 1. The largest absolute Gasteiger partial charge is 0.361 e. The number of rotatable bonds is 3. The molecule has 0 aromatic carbocycles. The van der Waals surface area contributed by atoms with E-state index in [-0.39, 0.29) is 11.8 Å². The number of amides is 1. The molecule has 0 radical (unpaired) electrons. The van der Waals surface area contributed by atoms with Gasteiger partial charge in [-0.15, -0.1) is 0 Å². The average Bonchev–Trinajstić information content (AvgIpc) is 3.35. The number of aryl methyl sites for hydroxylation is 1. The third-order valence-corrected chi connectivity index (χ3v) is 4.59. The lowest BCUT2D eigenvalue weighted by atomic mass is 9.97. The van der Waals surface area contributed by atoms with E-state index in [1.54, 1.807) is 24.1 Å². The summed E-state index contributed by atoms with van der Waals surface area (Å²) in [6, 6.07) is 1.73. The topological polar surface area (TPSA) is 101 Å². The lowest BCUT2D eigenvalue weighted by Gasteiger charge is -2.31. The van der Waals surface area contributed by atoms with Crippen molar-refractivity contribution in [2.24, 2.45) is 0 Å². The summed E-state index contributed by atoms with van der Waals surface area (Å²) in [6.07, 6.45) is 4.89. The van der Waals surface area contributed by atoms with E-state index >= 15 is 0 Å². The van der Waals surface area contributed by atoms with Crippen LogP contribution in [0.1, 0.15) is 40.7 Å². The van der Waals surface area contributed by atoms with Crippen LogP contribution < -0.4 is 0 Å². The number of hydrogen-bond acceptors (Lipinski definition) is 6. The van der Waals surface area contributed by atoms with Crippen molar-refractivity contribution >= 4 is 17.5 Å². The van der Waals surface area contributed by atoms with Crippen molar-refractivity contribution in [3.63, 3.8) is 0 Å². The molecule has 0 saturated carbocycles. The molecule has 3 aromatic heterocycles. The van der Waals surface area contributed by atoms with Crippen LogP contribution in [0.5, 0.6) is 0 Å². The summed E-state index contributed by atoms with van der Waals surface area (Å²) in [5, 5.41) is 8.34. The number of nitrogens with zero attached hydrogens (tertiary/aromatic N) is 4. The van der Waals surface area contributed by atoms with Gasteiger partial charge in [0.1, 0.15) is 17.0 Å². The highest BCUT2D eigenvalue weighted by atomic mass is 35.5. The molecule has 0 aliphatic carbocycles. The van der Waals surface area contributed by atoms with E-state index in [2.05, 4.69) is 20.3 Å². The van der Waals surface area contributed by atoms with E-state index < -0.39 is 0 Å². The standard InChI is InChI=1S/C16H16ClN5O3/c1-9-12(7-19-24-9)16(23)22-4-2-3-10(8-22)14-20-15(25-21-14)13-5-11(17)6-18-13/h5-7,10,18H,2-4,8H2,1H3. The number of likely N-dealkylation sites (tertiary alicyclic amines) is 1. The summed E-state index contributed by atoms with van der Waals surface area (Å²) >= 11 is 5.90. The molecule has 4 rings (SSSR count). The Kier molecular flexibility index (Phi) is 4.04. The van der Waals surface area contributed by atoms with Gasteiger partial charge in [-0.25, -0.2) is 0 Å². The second-order valence-electron chi connectivity index (χ2n) is 6.08. The fourth-order valence-corrected chi connectivity index (χ4v) is 3.21. The zero-order valence-electron chi connectivity index (χ0n) is 13.5. The third-order valence-electron chi connectivity index (χ3n) is 4.37. The smallest absolute Gasteiger partial charge is 0.274 e. The summed E-state index contributed by atoms with van der Waals surface area (Å²) in [4.78, 5) is 21.9. The first-order valence-corrected chi connectivity index (χ1v) is 8.38. The molecule has 1 unspecified atom stereocenters. The molecule has 4 heterocycles. The molecule has 130 valence electrons. The fourth-order valence-electron chi connectivity index (χ4n) is 3.05. The highest BCUT2D eigenvalue weighted by Gasteiger charge is 2.30. The maximum absolute atomic E-state index is 12.6. The molecule has 1 aliphatic heterocycles. The highest BCUT2D eigenvalue weighted by Crippen LogP contribution is 2.28. The lowest BCUT2D eigenvalue weighted by molar-refractivity contribution is 0.0702. The van der Waals surface area contributed by atoms with Crippen LogP contribution in [0.3, 0.4) is 0 Å². The molecule has 1 amide bonds. The molecule has 1 saturated heterocycles. The summed E-state index contributed by atoms with van der Waals surface area (Å²) in [5.74, 6) is 1.46. The SMILES string of the molecule is Cc1oncc1C(=O)N1CCCC(c2noc(-c3cc(Cl)c[nH]3)n2)C1. The van der Waals surface area contributed by atoms with Gasteiger partial charge in [0.05, 0.1) is 11.2 Å². The zero-order chi connectivity index (χ0) is 17.4. The molecule has 0 spiro atoms. The van der Waals surface area contributed by atoms with E-state index in [9.17, 15) is 4.79 Å². The average molecular weight is 362 g/mol. The van der Waals surface area contributed by atoms with Gasteiger partial charge in [0.15, 0.2) is 5.82 Å². The minimum atomic E-state index is -0.0803. The molecule has 0 bridgehead atoms. The first-order chi connectivity index (χ1) is 12.1. The predicted octanol–water partition coefficient (Wildman–Crippen LogP) is 3.03. The highest BCUT2D eigenvalue weighted by molar-refractivity contribution is 6.30. The fraction of sp³-hybridized carbons (Fsp3) is 0.375. The number of H-pyrrole nitrogens is 1. The number of piperidine rings is 1. The maximum Gasteiger partial charge on any atom is 0.274 e. The Morgan fingerprint density at radius 1 is 1.44 bits per heavy atom. The molecule has 9 heteroatoms. The molecule has 25 heavy (non-hydrogen) atoms. The van der Waals surface area contributed by atoms with Gasteiger partial charge in [0.2, 0.25) is 0 Å². The molecule has 3 aromatic rings. The van der Waals surface area contributed by atoms with Crippen molar-refractivity contribution in [3.05, 3.63) is 40.6 Å². The summed E-state index contributed by atoms with van der Waals surface area (Å²) in [7, 11) is 0. The van der Waals surface area contributed by atoms with Crippen LogP contribution in [-0.2, 0) is 0 Å². The normalized spacial score (nSPS) is 17.8. The van der Waals surface area contributed by atoms with E-state index in [0.717, 1.165) is 12.8 Å². The van der Waals surface area contributed by atoms with Gasteiger partial charge < -0.3 is 18.9 Å². The first kappa shape index (κ1) is 15.9. The zero-order valence-corrected chi connectivity index (χ0v) is 14.3. The van der Waals surface area contributed by atoms with E-state index in [0.29, 0.717) is 46.8 Å². The minimum Gasteiger partial charge on any atom is -0.361 e. The maximum atomic E-state index is 12.6. The van der Waals surface area contributed by atoms with E-state index in [1.807, 2.05) is 0 Å². The van der Waals surface area contributed by atoms with E-state index in [4.69, 9.17) is 20.6 Å². The number of carbonyl (C=O) groups excluding carboxylic acids is 1. The molecular formula is C16H16ClN5O3. The van der Waals surface area contributed by atoms with Crippen LogP contribution in [0.25, 0.3) is 11.6 Å². The molecule has 1 aliphatic rings. The Balaban J connectivity index is 1.51. The van der Waals surface area contributed by atoms with Crippen LogP contribution in [0, 0.1) is 6.92 Å². The Morgan fingerprint density at radius 3 is 3.04 bits per heavy atom. The number of halogens is 1. The quantitative estimate of drug-likeness (QED) is 0.769. The Labute approximate surface area is 148 Å².